The number of hydrogen-bond acceptors (Lipinski definition) is 2. The molecule has 0 amide bonds. The fourth-order valence-electron chi connectivity index (χ4n) is 1.56. The third kappa shape index (κ3) is 2.72. The van der Waals surface area contributed by atoms with E-state index in [0.29, 0.717) is 5.75 Å². The van der Waals surface area contributed by atoms with E-state index in [4.69, 9.17) is 4.74 Å². The molecule has 0 radical (unpaired) electrons. The van der Waals surface area contributed by atoms with Gasteiger partial charge in [0.2, 0.25) is 0 Å². The smallest absolute Gasteiger partial charge is 0.308 e. The highest BCUT2D eigenvalue weighted by atomic mass is 16.5. The first kappa shape index (κ1) is 12.5. The topological polar surface area (TPSA) is 26.3 Å². The summed E-state index contributed by atoms with van der Waals surface area (Å²) in [5.74, 6) is 0.317. The molecule has 2 nitrogen and oxygen atoms in total. The molecule has 0 aliphatic heterocycles. The predicted molar refractivity (Wildman–Crippen MR) is 66.5 cm³/mol. The molecule has 0 saturated heterocycles. The molecule has 0 saturated carbocycles. The highest BCUT2D eigenvalue weighted by Crippen LogP contribution is 2.34. The van der Waals surface area contributed by atoms with Crippen LogP contribution in [0.4, 0.5) is 0 Å². The van der Waals surface area contributed by atoms with Crippen LogP contribution in [0.25, 0.3) is 6.08 Å². The van der Waals surface area contributed by atoms with Crippen LogP contribution in [0.1, 0.15) is 38.8 Å². The second-order valence-corrected chi connectivity index (χ2v) is 4.77. The van der Waals surface area contributed by atoms with Crippen LogP contribution in [0.2, 0.25) is 0 Å². The summed E-state index contributed by atoms with van der Waals surface area (Å²) in [6, 6.07) is 5.82. The summed E-state index contributed by atoms with van der Waals surface area (Å²) in [6.07, 6.45) is 1.70. The van der Waals surface area contributed by atoms with E-state index in [-0.39, 0.29) is 11.4 Å². The fourth-order valence-corrected chi connectivity index (χ4v) is 1.56. The minimum absolute atomic E-state index is 0.0657. The largest absolute Gasteiger partial charge is 0.426 e. The van der Waals surface area contributed by atoms with Gasteiger partial charge < -0.3 is 4.74 Å². The molecule has 1 rings (SSSR count). The zero-order chi connectivity index (χ0) is 12.3. The average Bonchev–Trinajstić information content (AvgIpc) is 2.15. The summed E-state index contributed by atoms with van der Waals surface area (Å²) in [6.45, 7) is 11.4. The number of benzene rings is 1. The summed E-state index contributed by atoms with van der Waals surface area (Å²) >= 11 is 0. The van der Waals surface area contributed by atoms with Gasteiger partial charge in [0, 0.05) is 18.1 Å². The van der Waals surface area contributed by atoms with Gasteiger partial charge in [-0.25, -0.2) is 0 Å². The van der Waals surface area contributed by atoms with E-state index >= 15 is 0 Å². The van der Waals surface area contributed by atoms with Gasteiger partial charge in [-0.1, -0.05) is 51.6 Å². The van der Waals surface area contributed by atoms with Crippen molar-refractivity contribution in [3.63, 3.8) is 0 Å². The first-order chi connectivity index (χ1) is 7.36. The molecule has 0 unspecified atom stereocenters. The Morgan fingerprint density at radius 2 is 2.00 bits per heavy atom. The van der Waals surface area contributed by atoms with Gasteiger partial charge in [0.15, 0.2) is 0 Å². The number of hydrogen-bond donors (Lipinski definition) is 0. The number of para-hydroxylation sites is 1. The van der Waals surface area contributed by atoms with Crippen molar-refractivity contribution in [2.45, 2.75) is 33.1 Å². The van der Waals surface area contributed by atoms with Gasteiger partial charge in [-0.3, -0.25) is 4.79 Å². The molecule has 86 valence electrons. The first-order valence-corrected chi connectivity index (χ1v) is 5.30. The standard InChI is InChI=1S/C14H18O2/c1-6-11-8-7-9-12(14(3,4)5)13(11)16-10(2)15/h6-9H,1H2,2-5H3. The van der Waals surface area contributed by atoms with E-state index in [1.54, 1.807) is 6.08 Å². The highest BCUT2D eigenvalue weighted by Gasteiger charge is 2.21. The summed E-state index contributed by atoms with van der Waals surface area (Å²) in [4.78, 5) is 11.1. The van der Waals surface area contributed by atoms with Crippen molar-refractivity contribution >= 4 is 12.0 Å². The van der Waals surface area contributed by atoms with Crippen molar-refractivity contribution < 1.29 is 9.53 Å². The third-order valence-corrected chi connectivity index (χ3v) is 2.32. The molecule has 0 bridgehead atoms. The summed E-state index contributed by atoms with van der Waals surface area (Å²) in [7, 11) is 0. The summed E-state index contributed by atoms with van der Waals surface area (Å²) < 4.78 is 5.28. The molecule has 1 aromatic carbocycles. The van der Waals surface area contributed by atoms with E-state index in [0.717, 1.165) is 11.1 Å². The molecule has 0 spiro atoms. The minimum Gasteiger partial charge on any atom is -0.426 e. The second kappa shape index (κ2) is 4.52. The minimum atomic E-state index is -0.306. The third-order valence-electron chi connectivity index (χ3n) is 2.32. The number of rotatable bonds is 2. The lowest BCUT2D eigenvalue weighted by molar-refractivity contribution is -0.131. The maximum Gasteiger partial charge on any atom is 0.308 e. The Morgan fingerprint density at radius 3 is 2.44 bits per heavy atom. The van der Waals surface area contributed by atoms with E-state index in [1.807, 2.05) is 18.2 Å². The molecule has 0 atom stereocenters. The Balaban J connectivity index is 3.37. The second-order valence-electron chi connectivity index (χ2n) is 4.77. The quantitative estimate of drug-likeness (QED) is 0.560. The summed E-state index contributed by atoms with van der Waals surface area (Å²) in [5.41, 5.74) is 1.80. The van der Waals surface area contributed by atoms with Gasteiger partial charge in [-0.15, -0.1) is 0 Å². The normalized spacial score (nSPS) is 11.0. The Morgan fingerprint density at radius 1 is 1.38 bits per heavy atom. The highest BCUT2D eigenvalue weighted by molar-refractivity contribution is 5.73. The van der Waals surface area contributed by atoms with Gasteiger partial charge in [0.25, 0.3) is 0 Å². The van der Waals surface area contributed by atoms with Crippen LogP contribution in [0, 0.1) is 0 Å². The van der Waals surface area contributed by atoms with Crippen LogP contribution in [-0.4, -0.2) is 5.97 Å². The molecule has 0 aliphatic carbocycles. The molecule has 0 aromatic heterocycles. The average molecular weight is 218 g/mol. The fraction of sp³-hybridized carbons (Fsp3) is 0.357. The van der Waals surface area contributed by atoms with Crippen LogP contribution >= 0.6 is 0 Å². The van der Waals surface area contributed by atoms with E-state index < -0.39 is 0 Å². The van der Waals surface area contributed by atoms with Crippen molar-refractivity contribution in [3.05, 3.63) is 35.9 Å². The first-order valence-electron chi connectivity index (χ1n) is 5.30. The number of esters is 1. The van der Waals surface area contributed by atoms with Gasteiger partial charge in [-0.05, 0) is 5.41 Å². The van der Waals surface area contributed by atoms with E-state index in [9.17, 15) is 4.79 Å². The lowest BCUT2D eigenvalue weighted by Crippen LogP contribution is -2.15. The number of ether oxygens (including phenoxy) is 1. The Hall–Kier alpha value is -1.57. The Labute approximate surface area is 96.9 Å². The lowest BCUT2D eigenvalue weighted by atomic mass is 9.85. The maximum atomic E-state index is 11.1. The number of carbonyl (C=O) groups is 1. The molecular weight excluding hydrogens is 200 g/mol. The van der Waals surface area contributed by atoms with Crippen LogP contribution in [-0.2, 0) is 10.2 Å². The molecule has 0 N–H and O–H groups in total. The summed E-state index contributed by atoms with van der Waals surface area (Å²) in [5, 5.41) is 0. The van der Waals surface area contributed by atoms with Gasteiger partial charge in [0.1, 0.15) is 5.75 Å². The van der Waals surface area contributed by atoms with Crippen LogP contribution in [0.15, 0.2) is 24.8 Å². The van der Waals surface area contributed by atoms with Gasteiger partial charge in [0.05, 0.1) is 0 Å². The lowest BCUT2D eigenvalue weighted by Gasteiger charge is -2.23. The van der Waals surface area contributed by atoms with Crippen molar-refractivity contribution in [2.75, 3.05) is 0 Å². The Bertz CT molecular complexity index is 411. The molecule has 1 aromatic rings. The molecular formula is C14H18O2. The zero-order valence-electron chi connectivity index (χ0n) is 10.3. The van der Waals surface area contributed by atoms with Crippen molar-refractivity contribution in [1.82, 2.24) is 0 Å². The molecule has 2 heteroatoms. The SMILES string of the molecule is C=Cc1cccc(C(C)(C)C)c1OC(C)=O. The molecule has 16 heavy (non-hydrogen) atoms. The zero-order valence-corrected chi connectivity index (χ0v) is 10.3. The Kier molecular flexibility index (Phi) is 3.53. The van der Waals surface area contributed by atoms with E-state index in [2.05, 4.69) is 27.4 Å². The van der Waals surface area contributed by atoms with Gasteiger partial charge >= 0.3 is 5.97 Å². The van der Waals surface area contributed by atoms with Gasteiger partial charge in [-0.2, -0.15) is 0 Å². The number of carbonyl (C=O) groups excluding carboxylic acids is 1. The van der Waals surface area contributed by atoms with Crippen molar-refractivity contribution in [3.8, 4) is 5.75 Å². The van der Waals surface area contributed by atoms with Crippen molar-refractivity contribution in [2.24, 2.45) is 0 Å². The van der Waals surface area contributed by atoms with Crippen LogP contribution < -0.4 is 4.74 Å². The van der Waals surface area contributed by atoms with Crippen LogP contribution in [0.3, 0.4) is 0 Å². The van der Waals surface area contributed by atoms with Crippen molar-refractivity contribution in [1.29, 1.82) is 0 Å². The monoisotopic (exact) mass is 218 g/mol. The molecule has 0 fully saturated rings. The maximum absolute atomic E-state index is 11.1. The molecule has 0 heterocycles. The van der Waals surface area contributed by atoms with Crippen LogP contribution in [0.5, 0.6) is 5.75 Å². The molecule has 0 aliphatic rings. The van der Waals surface area contributed by atoms with E-state index in [1.165, 1.54) is 6.92 Å². The predicted octanol–water partition coefficient (Wildman–Crippen LogP) is 3.55.